The molecule has 0 saturated carbocycles. The summed E-state index contributed by atoms with van der Waals surface area (Å²) < 4.78 is 0. The topological polar surface area (TPSA) is 20.3 Å². The van der Waals surface area contributed by atoms with Crippen LogP contribution in [0.3, 0.4) is 0 Å². The molecule has 26 heavy (non-hydrogen) atoms. The van der Waals surface area contributed by atoms with Gasteiger partial charge in [-0.15, -0.1) is 0 Å². The number of anilines is 1. The van der Waals surface area contributed by atoms with Crippen molar-refractivity contribution < 1.29 is 4.79 Å². The van der Waals surface area contributed by atoms with Gasteiger partial charge in [-0.1, -0.05) is 62.7 Å². The van der Waals surface area contributed by atoms with Gasteiger partial charge in [0.25, 0.3) is 0 Å². The first-order valence-electron chi connectivity index (χ1n) is 9.79. The molecular weight excluding hydrogens is 318 g/mol. The summed E-state index contributed by atoms with van der Waals surface area (Å²) in [4.78, 5) is 14.4. The van der Waals surface area contributed by atoms with Crippen LogP contribution in [-0.4, -0.2) is 11.4 Å². The molecule has 138 valence electrons. The minimum Gasteiger partial charge on any atom is -0.307 e. The van der Waals surface area contributed by atoms with Gasteiger partial charge in [0.1, 0.15) is 0 Å². The van der Waals surface area contributed by atoms with E-state index in [4.69, 9.17) is 0 Å². The third-order valence-corrected chi connectivity index (χ3v) is 5.86. The number of carbonyl (C=O) groups excluding carboxylic acids is 1. The van der Waals surface area contributed by atoms with Gasteiger partial charge in [-0.05, 0) is 55.9 Å². The van der Waals surface area contributed by atoms with Crippen LogP contribution in [0.5, 0.6) is 0 Å². The third kappa shape index (κ3) is 3.18. The van der Waals surface area contributed by atoms with E-state index in [1.807, 2.05) is 11.0 Å². The van der Waals surface area contributed by atoms with Crippen LogP contribution in [0.15, 0.2) is 48.5 Å². The van der Waals surface area contributed by atoms with Gasteiger partial charge < -0.3 is 4.90 Å². The molecule has 1 heterocycles. The van der Waals surface area contributed by atoms with Crippen LogP contribution in [0.4, 0.5) is 5.69 Å². The van der Waals surface area contributed by atoms with Gasteiger partial charge in [0.05, 0.1) is 0 Å². The van der Waals surface area contributed by atoms with Crippen molar-refractivity contribution in [1.82, 2.24) is 0 Å². The molecule has 0 spiro atoms. The molecule has 0 N–H and O–H groups in total. The Bertz CT molecular complexity index is 790. The Labute approximate surface area is 158 Å². The van der Waals surface area contributed by atoms with E-state index in [1.54, 1.807) is 6.92 Å². The molecule has 0 bridgehead atoms. The summed E-state index contributed by atoms with van der Waals surface area (Å²) in [6.07, 6.45) is 4.51. The molecule has 1 aliphatic rings. The van der Waals surface area contributed by atoms with Crippen molar-refractivity contribution in [3.63, 3.8) is 0 Å². The fourth-order valence-corrected chi connectivity index (χ4v) is 4.77. The molecule has 2 nitrogen and oxygen atoms in total. The normalized spacial score (nSPS) is 21.3. The van der Waals surface area contributed by atoms with Gasteiger partial charge in [-0.25, -0.2) is 0 Å². The molecule has 2 aromatic rings. The lowest BCUT2D eigenvalue weighted by molar-refractivity contribution is -0.117. The minimum atomic E-state index is -0.226. The molecule has 0 saturated heterocycles. The number of para-hydroxylation sites is 1. The van der Waals surface area contributed by atoms with E-state index in [-0.39, 0.29) is 16.9 Å². The van der Waals surface area contributed by atoms with Crippen LogP contribution in [-0.2, 0) is 16.6 Å². The summed E-state index contributed by atoms with van der Waals surface area (Å²) in [6, 6.07) is 17.5. The average molecular weight is 350 g/mol. The molecule has 2 aromatic carbocycles. The first-order chi connectivity index (χ1) is 12.3. The summed E-state index contributed by atoms with van der Waals surface area (Å²) in [5, 5.41) is 0. The quantitative estimate of drug-likeness (QED) is 0.676. The second-order valence-electron chi connectivity index (χ2n) is 8.49. The van der Waals surface area contributed by atoms with E-state index in [2.05, 4.69) is 70.2 Å². The molecule has 3 rings (SSSR count). The molecule has 0 radical (unpaired) electrons. The van der Waals surface area contributed by atoms with E-state index < -0.39 is 0 Å². The van der Waals surface area contributed by atoms with Crippen molar-refractivity contribution in [2.24, 2.45) is 0 Å². The Morgan fingerprint density at radius 3 is 2.31 bits per heavy atom. The standard InChI is InChI=1S/C24H31NO/c1-6-7-10-19-13-15-20(16-14-19)24(5)17-23(3,4)25(18(2)26)22-12-9-8-11-21(22)24/h8-9,11-16H,6-7,10,17H2,1-5H3. The number of aryl methyl sites for hydroxylation is 1. The molecule has 2 heteroatoms. The molecule has 0 fully saturated rings. The summed E-state index contributed by atoms with van der Waals surface area (Å²) in [6.45, 7) is 10.6. The highest BCUT2D eigenvalue weighted by Crippen LogP contribution is 2.50. The summed E-state index contributed by atoms with van der Waals surface area (Å²) in [7, 11) is 0. The lowest BCUT2D eigenvalue weighted by atomic mass is 9.65. The Hall–Kier alpha value is -2.09. The van der Waals surface area contributed by atoms with Crippen molar-refractivity contribution in [1.29, 1.82) is 0 Å². The number of rotatable bonds is 4. The number of fused-ring (bicyclic) bond motifs is 1. The third-order valence-electron chi connectivity index (χ3n) is 5.86. The monoisotopic (exact) mass is 349 g/mol. The largest absolute Gasteiger partial charge is 0.307 e. The number of unbranched alkanes of at least 4 members (excludes halogenated alkanes) is 1. The number of hydrogen-bond acceptors (Lipinski definition) is 1. The maximum absolute atomic E-state index is 12.4. The molecule has 1 atom stereocenters. The van der Waals surface area contributed by atoms with Crippen molar-refractivity contribution in [2.75, 3.05) is 4.90 Å². The molecular formula is C24H31NO. The molecule has 1 aliphatic heterocycles. The fraction of sp³-hybridized carbons (Fsp3) is 0.458. The van der Waals surface area contributed by atoms with E-state index >= 15 is 0 Å². The molecule has 1 amide bonds. The first-order valence-corrected chi connectivity index (χ1v) is 9.79. The second-order valence-corrected chi connectivity index (χ2v) is 8.49. The highest BCUT2D eigenvalue weighted by atomic mass is 16.2. The molecule has 0 aromatic heterocycles. The zero-order valence-electron chi connectivity index (χ0n) is 16.8. The number of carbonyl (C=O) groups is 1. The van der Waals surface area contributed by atoms with Crippen LogP contribution < -0.4 is 4.90 Å². The SMILES string of the molecule is CCCCc1ccc(C2(C)CC(C)(C)N(C(C)=O)c3ccccc32)cc1. The molecule has 0 aliphatic carbocycles. The van der Waals surface area contributed by atoms with Gasteiger partial charge in [-0.2, -0.15) is 0 Å². The van der Waals surface area contributed by atoms with Crippen molar-refractivity contribution in [3.8, 4) is 0 Å². The Morgan fingerprint density at radius 1 is 1.04 bits per heavy atom. The fourth-order valence-electron chi connectivity index (χ4n) is 4.77. The van der Waals surface area contributed by atoms with Gasteiger partial charge in [0.2, 0.25) is 5.91 Å². The zero-order chi connectivity index (χ0) is 18.9. The zero-order valence-corrected chi connectivity index (χ0v) is 16.8. The predicted molar refractivity (Wildman–Crippen MR) is 110 cm³/mol. The van der Waals surface area contributed by atoms with E-state index in [0.29, 0.717) is 0 Å². The number of nitrogens with zero attached hydrogens (tertiary/aromatic N) is 1. The van der Waals surface area contributed by atoms with E-state index in [1.165, 1.54) is 29.5 Å². The minimum absolute atomic E-state index is 0.102. The lowest BCUT2D eigenvalue weighted by Gasteiger charge is -2.51. The first kappa shape index (κ1) is 18.7. The molecule has 1 unspecified atom stereocenters. The van der Waals surface area contributed by atoms with Crippen LogP contribution in [0.1, 0.15) is 70.6 Å². The van der Waals surface area contributed by atoms with Gasteiger partial charge in [-0.3, -0.25) is 4.79 Å². The Morgan fingerprint density at radius 2 is 1.69 bits per heavy atom. The van der Waals surface area contributed by atoms with Crippen LogP contribution in [0, 0.1) is 0 Å². The summed E-state index contributed by atoms with van der Waals surface area (Å²) in [5.74, 6) is 0.111. The lowest BCUT2D eigenvalue weighted by Crippen LogP contribution is -2.55. The van der Waals surface area contributed by atoms with E-state index in [9.17, 15) is 4.79 Å². The van der Waals surface area contributed by atoms with Crippen LogP contribution in [0.25, 0.3) is 0 Å². The number of amides is 1. The Balaban J connectivity index is 2.08. The van der Waals surface area contributed by atoms with Crippen molar-refractivity contribution in [3.05, 3.63) is 65.2 Å². The summed E-state index contributed by atoms with van der Waals surface area (Å²) >= 11 is 0. The van der Waals surface area contributed by atoms with Crippen LogP contribution >= 0.6 is 0 Å². The second kappa shape index (κ2) is 6.90. The van der Waals surface area contributed by atoms with Gasteiger partial charge >= 0.3 is 0 Å². The highest BCUT2D eigenvalue weighted by molar-refractivity contribution is 5.95. The van der Waals surface area contributed by atoms with Crippen molar-refractivity contribution >= 4 is 11.6 Å². The number of hydrogen-bond donors (Lipinski definition) is 0. The van der Waals surface area contributed by atoms with Crippen molar-refractivity contribution in [2.45, 2.75) is 71.3 Å². The van der Waals surface area contributed by atoms with E-state index in [0.717, 1.165) is 18.5 Å². The van der Waals surface area contributed by atoms with Gasteiger partial charge in [0.15, 0.2) is 0 Å². The van der Waals surface area contributed by atoms with Gasteiger partial charge in [0, 0.05) is 23.6 Å². The highest BCUT2D eigenvalue weighted by Gasteiger charge is 2.46. The Kier molecular flexibility index (Phi) is 4.96. The maximum atomic E-state index is 12.4. The smallest absolute Gasteiger partial charge is 0.224 e. The summed E-state index contributed by atoms with van der Waals surface area (Å²) in [5.41, 5.74) is 4.71. The average Bonchev–Trinajstić information content (AvgIpc) is 2.59. The maximum Gasteiger partial charge on any atom is 0.224 e. The predicted octanol–water partition coefficient (Wildman–Crippen LogP) is 5.87. The number of benzene rings is 2. The van der Waals surface area contributed by atoms with Crippen LogP contribution in [0.2, 0.25) is 0 Å².